The molecule has 0 atom stereocenters. The van der Waals surface area contributed by atoms with Crippen LogP contribution in [-0.2, 0) is 11.3 Å². The molecule has 0 aliphatic heterocycles. The Bertz CT molecular complexity index is 210. The lowest BCUT2D eigenvalue weighted by atomic mass is 10.2. The van der Waals surface area contributed by atoms with Gasteiger partial charge in [0.15, 0.2) is 0 Å². The smallest absolute Gasteiger partial charge is 0.0728 e. The van der Waals surface area contributed by atoms with Gasteiger partial charge in [0.25, 0.3) is 0 Å². The molecule has 0 bridgehead atoms. The van der Waals surface area contributed by atoms with Gasteiger partial charge in [-0.1, -0.05) is 6.07 Å². The summed E-state index contributed by atoms with van der Waals surface area (Å²) in [6, 6.07) is 2.07. The van der Waals surface area contributed by atoms with Crippen LogP contribution in [0.3, 0.4) is 0 Å². The second kappa shape index (κ2) is 3.32. The van der Waals surface area contributed by atoms with Crippen LogP contribution in [0, 0.1) is 6.92 Å². The fourth-order valence-corrected chi connectivity index (χ4v) is 0.863. The van der Waals surface area contributed by atoms with Crippen LogP contribution in [0.1, 0.15) is 11.1 Å². The predicted molar refractivity (Wildman–Crippen MR) is 39.7 cm³/mol. The van der Waals surface area contributed by atoms with Gasteiger partial charge in [-0.3, -0.25) is 4.98 Å². The van der Waals surface area contributed by atoms with E-state index in [1.54, 1.807) is 7.11 Å². The second-order valence-electron chi connectivity index (χ2n) is 2.30. The van der Waals surface area contributed by atoms with Crippen molar-refractivity contribution in [3.63, 3.8) is 0 Å². The van der Waals surface area contributed by atoms with Gasteiger partial charge in [-0.2, -0.15) is 0 Å². The van der Waals surface area contributed by atoms with Crippen molar-refractivity contribution >= 4 is 0 Å². The highest BCUT2D eigenvalue weighted by molar-refractivity contribution is 5.15. The number of hydrogen-bond donors (Lipinski definition) is 0. The molecule has 1 heterocycles. The minimum Gasteiger partial charge on any atom is -0.380 e. The molecule has 0 N–H and O–H groups in total. The van der Waals surface area contributed by atoms with E-state index in [4.69, 9.17) is 4.74 Å². The predicted octanol–water partition coefficient (Wildman–Crippen LogP) is 1.54. The van der Waals surface area contributed by atoms with Gasteiger partial charge in [-0.25, -0.2) is 0 Å². The number of methoxy groups -OCH3 is 1. The average molecular weight is 137 g/mol. The Hall–Kier alpha value is -0.890. The van der Waals surface area contributed by atoms with Gasteiger partial charge in [0.05, 0.1) is 6.61 Å². The third-order valence-corrected chi connectivity index (χ3v) is 1.24. The molecule has 1 aromatic heterocycles. The molecule has 0 unspecified atom stereocenters. The highest BCUT2D eigenvalue weighted by Crippen LogP contribution is 2.01. The van der Waals surface area contributed by atoms with E-state index in [0.29, 0.717) is 6.61 Å². The largest absolute Gasteiger partial charge is 0.380 e. The van der Waals surface area contributed by atoms with E-state index in [0.717, 1.165) is 5.56 Å². The summed E-state index contributed by atoms with van der Waals surface area (Å²) >= 11 is 0. The number of aromatic nitrogens is 1. The average Bonchev–Trinajstić information content (AvgIpc) is 1.88. The van der Waals surface area contributed by atoms with Crippen molar-refractivity contribution in [1.29, 1.82) is 0 Å². The Kier molecular flexibility index (Phi) is 2.40. The monoisotopic (exact) mass is 137 g/mol. The molecule has 0 aliphatic carbocycles. The molecule has 1 rings (SSSR count). The lowest BCUT2D eigenvalue weighted by Gasteiger charge is -1.98. The third-order valence-electron chi connectivity index (χ3n) is 1.24. The summed E-state index contributed by atoms with van der Waals surface area (Å²) in [5, 5.41) is 0. The minimum atomic E-state index is 0.647. The molecule has 10 heavy (non-hydrogen) atoms. The Morgan fingerprint density at radius 2 is 2.30 bits per heavy atom. The third kappa shape index (κ3) is 1.81. The van der Waals surface area contributed by atoms with Crippen LogP contribution in [0.15, 0.2) is 18.5 Å². The first-order chi connectivity index (χ1) is 4.83. The van der Waals surface area contributed by atoms with Gasteiger partial charge >= 0.3 is 0 Å². The molecule has 2 heteroatoms. The van der Waals surface area contributed by atoms with E-state index >= 15 is 0 Å². The first-order valence-electron chi connectivity index (χ1n) is 3.22. The van der Waals surface area contributed by atoms with Crippen LogP contribution in [-0.4, -0.2) is 12.1 Å². The fraction of sp³-hybridized carbons (Fsp3) is 0.375. The zero-order valence-corrected chi connectivity index (χ0v) is 6.29. The lowest BCUT2D eigenvalue weighted by Crippen LogP contribution is -1.88. The molecule has 0 aromatic carbocycles. The van der Waals surface area contributed by atoms with Gasteiger partial charge in [0, 0.05) is 19.5 Å². The summed E-state index contributed by atoms with van der Waals surface area (Å²) in [6.07, 6.45) is 3.65. The van der Waals surface area contributed by atoms with Crippen LogP contribution < -0.4 is 0 Å². The summed E-state index contributed by atoms with van der Waals surface area (Å²) in [4.78, 5) is 4.02. The Morgan fingerprint density at radius 3 is 2.90 bits per heavy atom. The standard InChI is InChI=1S/C8H11NO/c1-7-3-8(6-10-2)5-9-4-7/h3-5H,6H2,1-2H3. The van der Waals surface area contributed by atoms with Crippen molar-refractivity contribution in [2.75, 3.05) is 7.11 Å². The number of nitrogens with zero attached hydrogens (tertiary/aromatic N) is 1. The van der Waals surface area contributed by atoms with Gasteiger partial charge in [-0.15, -0.1) is 0 Å². The van der Waals surface area contributed by atoms with Crippen molar-refractivity contribution in [2.45, 2.75) is 13.5 Å². The number of aryl methyl sites for hydroxylation is 1. The van der Waals surface area contributed by atoms with Crippen LogP contribution >= 0.6 is 0 Å². The quantitative estimate of drug-likeness (QED) is 0.616. The molecule has 0 amide bonds. The zero-order chi connectivity index (χ0) is 7.40. The van der Waals surface area contributed by atoms with Crippen LogP contribution in [0.4, 0.5) is 0 Å². The molecule has 1 aromatic rings. The maximum Gasteiger partial charge on any atom is 0.0728 e. The van der Waals surface area contributed by atoms with Crippen LogP contribution in [0.2, 0.25) is 0 Å². The fourth-order valence-electron chi connectivity index (χ4n) is 0.863. The summed E-state index contributed by atoms with van der Waals surface area (Å²) in [6.45, 7) is 2.67. The van der Waals surface area contributed by atoms with E-state index in [1.807, 2.05) is 19.3 Å². The van der Waals surface area contributed by atoms with E-state index in [2.05, 4.69) is 11.1 Å². The van der Waals surface area contributed by atoms with Gasteiger partial charge < -0.3 is 4.74 Å². The molecule has 54 valence electrons. The highest BCUT2D eigenvalue weighted by Gasteiger charge is 1.90. The first-order valence-corrected chi connectivity index (χ1v) is 3.22. The first kappa shape index (κ1) is 7.22. The number of ether oxygens (including phenoxy) is 1. The summed E-state index contributed by atoms with van der Waals surface area (Å²) < 4.78 is 4.94. The molecule has 2 nitrogen and oxygen atoms in total. The minimum absolute atomic E-state index is 0.647. The zero-order valence-electron chi connectivity index (χ0n) is 6.29. The van der Waals surface area contributed by atoms with Crippen LogP contribution in [0.5, 0.6) is 0 Å². The van der Waals surface area contributed by atoms with Crippen molar-refractivity contribution in [1.82, 2.24) is 4.98 Å². The lowest BCUT2D eigenvalue weighted by molar-refractivity contribution is 0.184. The van der Waals surface area contributed by atoms with E-state index < -0.39 is 0 Å². The molecule has 0 spiro atoms. The topological polar surface area (TPSA) is 22.1 Å². The van der Waals surface area contributed by atoms with E-state index in [-0.39, 0.29) is 0 Å². The number of hydrogen-bond acceptors (Lipinski definition) is 2. The number of pyridine rings is 1. The Morgan fingerprint density at radius 1 is 1.50 bits per heavy atom. The van der Waals surface area contributed by atoms with Crippen LogP contribution in [0.25, 0.3) is 0 Å². The molecule has 0 fully saturated rings. The Labute approximate surface area is 60.9 Å². The maximum absolute atomic E-state index is 4.94. The highest BCUT2D eigenvalue weighted by atomic mass is 16.5. The maximum atomic E-state index is 4.94. The molecule has 0 radical (unpaired) electrons. The SMILES string of the molecule is COCc1cncc(C)c1. The van der Waals surface area contributed by atoms with Crippen molar-refractivity contribution < 1.29 is 4.74 Å². The summed E-state index contributed by atoms with van der Waals surface area (Å²) in [7, 11) is 1.68. The molecular formula is C8H11NO. The summed E-state index contributed by atoms with van der Waals surface area (Å²) in [5.74, 6) is 0. The van der Waals surface area contributed by atoms with E-state index in [1.165, 1.54) is 5.56 Å². The molecule has 0 saturated carbocycles. The molecule has 0 aliphatic rings. The van der Waals surface area contributed by atoms with Crippen molar-refractivity contribution in [3.8, 4) is 0 Å². The second-order valence-corrected chi connectivity index (χ2v) is 2.30. The normalized spacial score (nSPS) is 9.80. The van der Waals surface area contributed by atoms with Gasteiger partial charge in [-0.05, 0) is 18.1 Å². The molecular weight excluding hydrogens is 126 g/mol. The molecule has 0 saturated heterocycles. The summed E-state index contributed by atoms with van der Waals surface area (Å²) in [5.41, 5.74) is 2.30. The van der Waals surface area contributed by atoms with Crippen molar-refractivity contribution in [3.05, 3.63) is 29.6 Å². The van der Waals surface area contributed by atoms with E-state index in [9.17, 15) is 0 Å². The number of rotatable bonds is 2. The van der Waals surface area contributed by atoms with Gasteiger partial charge in [0.2, 0.25) is 0 Å². The Balaban J connectivity index is 2.75. The van der Waals surface area contributed by atoms with Crippen molar-refractivity contribution in [2.24, 2.45) is 0 Å². The van der Waals surface area contributed by atoms with Gasteiger partial charge in [0.1, 0.15) is 0 Å².